The van der Waals surface area contributed by atoms with Crippen molar-refractivity contribution in [3.63, 3.8) is 0 Å². The van der Waals surface area contributed by atoms with Crippen molar-refractivity contribution in [2.24, 2.45) is 22.6 Å². The Bertz CT molecular complexity index is 115. The molecular weight excluding hydrogens is 154 g/mol. The molecule has 0 unspecified atom stereocenters. The largest absolute Gasteiger partial charge is 0.377 e. The van der Waals surface area contributed by atoms with Gasteiger partial charge < -0.3 is 21.9 Å². The SMILES string of the molecule is C=CCOCC(CN)(CN)CN. The normalized spacial score (nSPS) is 11.6. The lowest BCUT2D eigenvalue weighted by molar-refractivity contribution is 0.0737. The number of nitrogens with two attached hydrogens (primary N) is 3. The van der Waals surface area contributed by atoms with Crippen LogP contribution in [0.4, 0.5) is 0 Å². The molecule has 0 aromatic heterocycles. The van der Waals surface area contributed by atoms with Gasteiger partial charge in [-0.2, -0.15) is 0 Å². The average molecular weight is 173 g/mol. The van der Waals surface area contributed by atoms with E-state index in [0.717, 1.165) is 0 Å². The Morgan fingerprint density at radius 2 is 1.67 bits per heavy atom. The Morgan fingerprint density at radius 1 is 1.17 bits per heavy atom. The molecule has 6 N–H and O–H groups in total. The summed E-state index contributed by atoms with van der Waals surface area (Å²) in [6.45, 7) is 5.92. The average Bonchev–Trinajstić information content (AvgIpc) is 2.14. The maximum Gasteiger partial charge on any atom is 0.0645 e. The van der Waals surface area contributed by atoms with E-state index in [2.05, 4.69) is 6.58 Å². The summed E-state index contributed by atoms with van der Waals surface area (Å²) in [5.74, 6) is 0. The highest BCUT2D eigenvalue weighted by Crippen LogP contribution is 2.11. The summed E-state index contributed by atoms with van der Waals surface area (Å²) < 4.78 is 5.26. The van der Waals surface area contributed by atoms with Crippen LogP contribution in [0.5, 0.6) is 0 Å². The van der Waals surface area contributed by atoms with Crippen LogP contribution in [0.15, 0.2) is 12.7 Å². The van der Waals surface area contributed by atoms with E-state index in [0.29, 0.717) is 32.8 Å². The first kappa shape index (κ1) is 11.6. The molecule has 0 rings (SSSR count). The van der Waals surface area contributed by atoms with Crippen LogP contribution in [-0.2, 0) is 4.74 Å². The third-order valence-electron chi connectivity index (χ3n) is 1.94. The van der Waals surface area contributed by atoms with Gasteiger partial charge in [-0.05, 0) is 0 Å². The van der Waals surface area contributed by atoms with Crippen LogP contribution in [-0.4, -0.2) is 32.8 Å². The second kappa shape index (κ2) is 6.14. The van der Waals surface area contributed by atoms with Gasteiger partial charge >= 0.3 is 0 Å². The summed E-state index contributed by atoms with van der Waals surface area (Å²) in [6, 6.07) is 0. The van der Waals surface area contributed by atoms with E-state index in [-0.39, 0.29) is 5.41 Å². The molecule has 0 spiro atoms. The third kappa shape index (κ3) is 3.32. The van der Waals surface area contributed by atoms with Gasteiger partial charge in [0.25, 0.3) is 0 Å². The Morgan fingerprint density at radius 3 is 2.00 bits per heavy atom. The van der Waals surface area contributed by atoms with Crippen molar-refractivity contribution >= 4 is 0 Å². The van der Waals surface area contributed by atoms with Crippen LogP contribution in [0.2, 0.25) is 0 Å². The molecule has 0 bridgehead atoms. The van der Waals surface area contributed by atoms with Crippen LogP contribution in [0, 0.1) is 5.41 Å². The number of rotatable bonds is 7. The Kier molecular flexibility index (Phi) is 5.92. The van der Waals surface area contributed by atoms with Crippen LogP contribution >= 0.6 is 0 Å². The molecule has 0 aliphatic heterocycles. The van der Waals surface area contributed by atoms with Crippen LogP contribution in [0.25, 0.3) is 0 Å². The van der Waals surface area contributed by atoms with E-state index < -0.39 is 0 Å². The van der Waals surface area contributed by atoms with E-state index in [9.17, 15) is 0 Å². The van der Waals surface area contributed by atoms with Gasteiger partial charge in [0.1, 0.15) is 0 Å². The zero-order valence-electron chi connectivity index (χ0n) is 7.46. The minimum Gasteiger partial charge on any atom is -0.377 e. The van der Waals surface area contributed by atoms with Crippen LogP contribution < -0.4 is 17.2 Å². The van der Waals surface area contributed by atoms with E-state index in [1.807, 2.05) is 0 Å². The highest BCUT2D eigenvalue weighted by atomic mass is 16.5. The van der Waals surface area contributed by atoms with E-state index in [4.69, 9.17) is 21.9 Å². The Hall–Kier alpha value is -0.420. The molecule has 0 fully saturated rings. The van der Waals surface area contributed by atoms with Gasteiger partial charge in [0.15, 0.2) is 0 Å². The number of hydrogen-bond donors (Lipinski definition) is 3. The fraction of sp³-hybridized carbons (Fsp3) is 0.750. The van der Waals surface area contributed by atoms with Gasteiger partial charge in [-0.25, -0.2) is 0 Å². The molecule has 0 aromatic rings. The van der Waals surface area contributed by atoms with E-state index in [1.165, 1.54) is 0 Å². The van der Waals surface area contributed by atoms with Crippen molar-refractivity contribution in [1.29, 1.82) is 0 Å². The molecular formula is C8H19N3O. The predicted octanol–water partition coefficient (Wildman–Crippen LogP) is -0.948. The van der Waals surface area contributed by atoms with Crippen molar-refractivity contribution in [1.82, 2.24) is 0 Å². The Balaban J connectivity index is 3.84. The Labute approximate surface area is 73.7 Å². The molecule has 0 saturated carbocycles. The topological polar surface area (TPSA) is 87.3 Å². The van der Waals surface area contributed by atoms with Crippen molar-refractivity contribution in [3.8, 4) is 0 Å². The molecule has 0 aliphatic rings. The number of ether oxygens (including phenoxy) is 1. The number of hydrogen-bond acceptors (Lipinski definition) is 4. The van der Waals surface area contributed by atoms with Gasteiger partial charge in [0, 0.05) is 25.0 Å². The van der Waals surface area contributed by atoms with Crippen molar-refractivity contribution < 1.29 is 4.74 Å². The zero-order valence-corrected chi connectivity index (χ0v) is 7.46. The smallest absolute Gasteiger partial charge is 0.0645 e. The lowest BCUT2D eigenvalue weighted by Gasteiger charge is -2.28. The molecule has 4 heteroatoms. The highest BCUT2D eigenvalue weighted by molar-refractivity contribution is 4.82. The second-order valence-electron chi connectivity index (χ2n) is 2.92. The molecule has 0 amide bonds. The maximum absolute atomic E-state index is 5.55. The molecule has 72 valence electrons. The van der Waals surface area contributed by atoms with Crippen LogP contribution in [0.1, 0.15) is 0 Å². The first-order valence-electron chi connectivity index (χ1n) is 4.03. The zero-order chi connectivity index (χ0) is 9.45. The first-order valence-corrected chi connectivity index (χ1v) is 4.03. The lowest BCUT2D eigenvalue weighted by atomic mass is 9.89. The van der Waals surface area contributed by atoms with Gasteiger partial charge in [0.2, 0.25) is 0 Å². The molecule has 0 atom stereocenters. The molecule has 0 saturated heterocycles. The first-order chi connectivity index (χ1) is 5.74. The van der Waals surface area contributed by atoms with Gasteiger partial charge in [-0.15, -0.1) is 6.58 Å². The summed E-state index contributed by atoms with van der Waals surface area (Å²) in [4.78, 5) is 0. The minimum absolute atomic E-state index is 0.261. The van der Waals surface area contributed by atoms with Crippen molar-refractivity contribution in [2.45, 2.75) is 0 Å². The lowest BCUT2D eigenvalue weighted by Crippen LogP contribution is -2.47. The molecule has 12 heavy (non-hydrogen) atoms. The summed E-state index contributed by atoms with van der Waals surface area (Å²) in [7, 11) is 0. The fourth-order valence-corrected chi connectivity index (χ4v) is 0.786. The fourth-order valence-electron chi connectivity index (χ4n) is 0.786. The van der Waals surface area contributed by atoms with Crippen molar-refractivity contribution in [2.75, 3.05) is 32.8 Å². The van der Waals surface area contributed by atoms with E-state index in [1.54, 1.807) is 6.08 Å². The minimum atomic E-state index is -0.261. The van der Waals surface area contributed by atoms with Crippen molar-refractivity contribution in [3.05, 3.63) is 12.7 Å². The van der Waals surface area contributed by atoms with Crippen LogP contribution in [0.3, 0.4) is 0 Å². The van der Waals surface area contributed by atoms with Gasteiger partial charge in [-0.3, -0.25) is 0 Å². The third-order valence-corrected chi connectivity index (χ3v) is 1.94. The molecule has 0 heterocycles. The highest BCUT2D eigenvalue weighted by Gasteiger charge is 2.25. The summed E-state index contributed by atoms with van der Waals surface area (Å²) in [6.07, 6.45) is 1.69. The molecule has 0 radical (unpaired) electrons. The summed E-state index contributed by atoms with van der Waals surface area (Å²) >= 11 is 0. The predicted molar refractivity (Wildman–Crippen MR) is 50.6 cm³/mol. The molecule has 0 aromatic carbocycles. The monoisotopic (exact) mass is 173 g/mol. The van der Waals surface area contributed by atoms with Gasteiger partial charge in [0.05, 0.1) is 13.2 Å². The molecule has 0 aliphatic carbocycles. The second-order valence-corrected chi connectivity index (χ2v) is 2.92. The molecule has 4 nitrogen and oxygen atoms in total. The van der Waals surface area contributed by atoms with E-state index >= 15 is 0 Å². The summed E-state index contributed by atoms with van der Waals surface area (Å²) in [5, 5.41) is 0. The quantitative estimate of drug-likeness (QED) is 0.342. The maximum atomic E-state index is 5.55. The standard InChI is InChI=1S/C8H19N3O/c1-2-3-12-7-8(4-9,5-10)6-11/h2H,1,3-7,9-11H2. The van der Waals surface area contributed by atoms with Gasteiger partial charge in [-0.1, -0.05) is 6.08 Å². The summed E-state index contributed by atoms with van der Waals surface area (Å²) in [5.41, 5.74) is 16.4.